The molecule has 1 fully saturated rings. The highest BCUT2D eigenvalue weighted by atomic mass is 32.2. The highest BCUT2D eigenvalue weighted by Crippen LogP contribution is 2.31. The van der Waals surface area contributed by atoms with Crippen molar-refractivity contribution in [2.75, 3.05) is 17.4 Å². The molecule has 1 aliphatic rings. The number of nitrogens with zero attached hydrogens (tertiary/aromatic N) is 2. The van der Waals surface area contributed by atoms with E-state index in [1.807, 2.05) is 0 Å². The number of likely N-dealkylation sites (tertiary alicyclic amines) is 1. The van der Waals surface area contributed by atoms with E-state index in [1.165, 1.54) is 33.1 Å². The molecule has 0 unspecified atom stereocenters. The molecule has 168 valence electrons. The second kappa shape index (κ2) is 9.43. The van der Waals surface area contributed by atoms with E-state index in [0.717, 1.165) is 19.6 Å². The van der Waals surface area contributed by atoms with Gasteiger partial charge in [-0.25, -0.2) is 12.8 Å². The van der Waals surface area contributed by atoms with Crippen molar-refractivity contribution in [2.45, 2.75) is 44.2 Å². The Balaban J connectivity index is 1.55. The fourth-order valence-electron chi connectivity index (χ4n) is 4.31. The van der Waals surface area contributed by atoms with Crippen molar-refractivity contribution in [2.24, 2.45) is 0 Å². The number of piperidine rings is 1. The van der Waals surface area contributed by atoms with Gasteiger partial charge in [0.05, 0.1) is 10.6 Å². The molecule has 0 atom stereocenters. The van der Waals surface area contributed by atoms with E-state index >= 15 is 0 Å². The first kappa shape index (κ1) is 22.5. The second-order valence-corrected chi connectivity index (χ2v) is 10.3. The van der Waals surface area contributed by atoms with E-state index in [9.17, 15) is 12.8 Å². The molecule has 1 heterocycles. The van der Waals surface area contributed by atoms with Crippen molar-refractivity contribution in [3.05, 3.63) is 95.3 Å². The number of halogens is 1. The fraction of sp³-hybridized carbons (Fsp3) is 0.308. The van der Waals surface area contributed by atoms with E-state index in [2.05, 4.69) is 36.9 Å². The SMILES string of the molecule is Cc1ccc(CN2CCC(N(c3ccc(F)cc3)S(=O)(=O)c3ccccc3)CC2)cc1C. The summed E-state index contributed by atoms with van der Waals surface area (Å²) in [6.07, 6.45) is 1.43. The molecule has 0 aliphatic carbocycles. The molecule has 0 saturated carbocycles. The maximum atomic E-state index is 13.6. The highest BCUT2D eigenvalue weighted by molar-refractivity contribution is 7.92. The van der Waals surface area contributed by atoms with Gasteiger partial charge in [0.15, 0.2) is 0 Å². The van der Waals surface area contributed by atoms with Gasteiger partial charge in [-0.15, -0.1) is 0 Å². The Morgan fingerprint density at radius 3 is 2.19 bits per heavy atom. The summed E-state index contributed by atoms with van der Waals surface area (Å²) in [4.78, 5) is 2.63. The number of aryl methyl sites for hydroxylation is 2. The Labute approximate surface area is 190 Å². The van der Waals surface area contributed by atoms with E-state index in [0.29, 0.717) is 18.5 Å². The van der Waals surface area contributed by atoms with E-state index < -0.39 is 10.0 Å². The van der Waals surface area contributed by atoms with Crippen LogP contribution >= 0.6 is 0 Å². The van der Waals surface area contributed by atoms with Gasteiger partial charge in [0, 0.05) is 25.7 Å². The van der Waals surface area contributed by atoms with Crippen LogP contribution < -0.4 is 4.31 Å². The zero-order valence-corrected chi connectivity index (χ0v) is 19.4. The summed E-state index contributed by atoms with van der Waals surface area (Å²) < 4.78 is 42.2. The van der Waals surface area contributed by atoms with Crippen LogP contribution in [0.4, 0.5) is 10.1 Å². The standard InChI is InChI=1S/C26H29FN2O2S/c1-20-8-9-22(18-21(20)2)19-28-16-14-25(15-17-28)29(24-12-10-23(27)11-13-24)32(30,31)26-6-4-3-5-7-26/h3-13,18,25H,14-17,19H2,1-2H3. The Morgan fingerprint density at radius 2 is 1.56 bits per heavy atom. The molecule has 6 heteroatoms. The normalized spacial score (nSPS) is 15.6. The lowest BCUT2D eigenvalue weighted by atomic mass is 10.0. The molecule has 4 rings (SSSR count). The minimum absolute atomic E-state index is 0.179. The van der Waals surface area contributed by atoms with Gasteiger partial charge in [0.2, 0.25) is 0 Å². The molecule has 1 aliphatic heterocycles. The van der Waals surface area contributed by atoms with Crippen molar-refractivity contribution in [3.63, 3.8) is 0 Å². The first-order chi connectivity index (χ1) is 15.3. The Bertz CT molecular complexity index is 1160. The van der Waals surface area contributed by atoms with Crippen LogP contribution in [-0.4, -0.2) is 32.4 Å². The van der Waals surface area contributed by atoms with Gasteiger partial charge in [0.1, 0.15) is 5.82 Å². The molecule has 4 nitrogen and oxygen atoms in total. The summed E-state index contributed by atoms with van der Waals surface area (Å²) in [6.45, 7) is 6.71. The summed E-state index contributed by atoms with van der Waals surface area (Å²) in [6, 6.07) is 20.6. The molecule has 1 saturated heterocycles. The number of anilines is 1. The molecular formula is C26H29FN2O2S. The number of hydrogen-bond acceptors (Lipinski definition) is 3. The summed E-state index contributed by atoms with van der Waals surface area (Å²) in [5, 5.41) is 0. The molecule has 0 radical (unpaired) electrons. The van der Waals surface area contributed by atoms with Crippen molar-refractivity contribution in [1.82, 2.24) is 4.90 Å². The Morgan fingerprint density at radius 1 is 0.906 bits per heavy atom. The molecule has 3 aromatic rings. The summed E-state index contributed by atoms with van der Waals surface area (Å²) in [5.41, 5.74) is 4.35. The monoisotopic (exact) mass is 452 g/mol. The molecule has 3 aromatic carbocycles. The van der Waals surface area contributed by atoms with Gasteiger partial charge in [0.25, 0.3) is 10.0 Å². The maximum Gasteiger partial charge on any atom is 0.264 e. The van der Waals surface area contributed by atoms with Gasteiger partial charge in [-0.2, -0.15) is 0 Å². The molecule has 0 N–H and O–H groups in total. The van der Waals surface area contributed by atoms with Gasteiger partial charge in [-0.05, 0) is 79.8 Å². The third kappa shape index (κ3) is 4.87. The van der Waals surface area contributed by atoms with Crippen LogP contribution in [0.3, 0.4) is 0 Å². The minimum atomic E-state index is -3.76. The molecular weight excluding hydrogens is 423 g/mol. The van der Waals surface area contributed by atoms with Crippen molar-refractivity contribution in [3.8, 4) is 0 Å². The molecule has 32 heavy (non-hydrogen) atoms. The van der Waals surface area contributed by atoms with Crippen molar-refractivity contribution >= 4 is 15.7 Å². The van der Waals surface area contributed by atoms with Crippen LogP contribution in [-0.2, 0) is 16.6 Å². The van der Waals surface area contributed by atoms with Crippen LogP contribution in [0.25, 0.3) is 0 Å². The molecule has 0 spiro atoms. The Kier molecular flexibility index (Phi) is 6.63. The van der Waals surface area contributed by atoms with Gasteiger partial charge < -0.3 is 0 Å². The van der Waals surface area contributed by atoms with Crippen LogP contribution in [0.15, 0.2) is 77.7 Å². The lowest BCUT2D eigenvalue weighted by molar-refractivity contribution is 0.206. The largest absolute Gasteiger partial charge is 0.299 e. The van der Waals surface area contributed by atoms with Crippen LogP contribution in [0.5, 0.6) is 0 Å². The average Bonchev–Trinajstić information content (AvgIpc) is 2.79. The zero-order valence-electron chi connectivity index (χ0n) is 18.5. The topological polar surface area (TPSA) is 40.6 Å². The van der Waals surface area contributed by atoms with Gasteiger partial charge >= 0.3 is 0 Å². The van der Waals surface area contributed by atoms with E-state index in [1.54, 1.807) is 42.5 Å². The summed E-state index contributed by atoms with van der Waals surface area (Å²) >= 11 is 0. The summed E-state index contributed by atoms with van der Waals surface area (Å²) in [5.74, 6) is -0.381. The first-order valence-corrected chi connectivity index (χ1v) is 12.4. The lowest BCUT2D eigenvalue weighted by Crippen LogP contribution is -2.47. The second-order valence-electron chi connectivity index (χ2n) is 8.52. The lowest BCUT2D eigenvalue weighted by Gasteiger charge is -2.39. The molecule has 0 aromatic heterocycles. The minimum Gasteiger partial charge on any atom is -0.299 e. The third-order valence-electron chi connectivity index (χ3n) is 6.25. The van der Waals surface area contributed by atoms with Crippen LogP contribution in [0, 0.1) is 19.7 Å². The van der Waals surface area contributed by atoms with Crippen LogP contribution in [0.2, 0.25) is 0 Å². The highest BCUT2D eigenvalue weighted by Gasteiger charge is 2.34. The van der Waals surface area contributed by atoms with Crippen LogP contribution in [0.1, 0.15) is 29.5 Å². The number of hydrogen-bond donors (Lipinski definition) is 0. The smallest absolute Gasteiger partial charge is 0.264 e. The third-order valence-corrected chi connectivity index (χ3v) is 8.14. The van der Waals surface area contributed by atoms with Gasteiger partial charge in [-0.1, -0.05) is 36.4 Å². The maximum absolute atomic E-state index is 13.6. The molecule has 0 bridgehead atoms. The molecule has 0 amide bonds. The number of rotatable bonds is 6. The predicted octanol–water partition coefficient (Wildman–Crippen LogP) is 5.30. The fourth-order valence-corrected chi connectivity index (χ4v) is 6.04. The van der Waals surface area contributed by atoms with Gasteiger partial charge in [-0.3, -0.25) is 9.21 Å². The number of sulfonamides is 1. The first-order valence-electron chi connectivity index (χ1n) is 11.0. The van der Waals surface area contributed by atoms with E-state index in [4.69, 9.17) is 0 Å². The zero-order chi connectivity index (χ0) is 22.7. The number of benzene rings is 3. The van der Waals surface area contributed by atoms with E-state index in [-0.39, 0.29) is 16.8 Å². The predicted molar refractivity (Wildman–Crippen MR) is 127 cm³/mol. The average molecular weight is 453 g/mol. The quantitative estimate of drug-likeness (QED) is 0.509. The Hall–Kier alpha value is -2.70. The van der Waals surface area contributed by atoms with Crippen molar-refractivity contribution in [1.29, 1.82) is 0 Å². The summed E-state index contributed by atoms with van der Waals surface area (Å²) in [7, 11) is -3.76. The van der Waals surface area contributed by atoms with Crippen molar-refractivity contribution < 1.29 is 12.8 Å².